The summed E-state index contributed by atoms with van der Waals surface area (Å²) in [4.78, 5) is 11.8. The molecule has 24 heavy (non-hydrogen) atoms. The Balaban J connectivity index is 4.26. The van der Waals surface area contributed by atoms with Gasteiger partial charge in [0.1, 0.15) is 18.3 Å². The third kappa shape index (κ3) is 9.26. The molecule has 0 rings (SSSR count). The summed E-state index contributed by atoms with van der Waals surface area (Å²) in [6.07, 6.45) is -6.31. The first-order chi connectivity index (χ1) is 10.8. The van der Waals surface area contributed by atoms with Gasteiger partial charge in [0.15, 0.2) is 6.10 Å². The number of aliphatic hydroxyl groups excluding tert-OH is 5. The summed E-state index contributed by atoms with van der Waals surface area (Å²) in [7, 11) is -2.40. The van der Waals surface area contributed by atoms with E-state index in [9.17, 15) is 25.2 Å². The summed E-state index contributed by atoms with van der Waals surface area (Å²) in [6.45, 7) is 11.4. The first-order valence-electron chi connectivity index (χ1n) is 8.41. The molecule has 0 radical (unpaired) electrons. The second-order valence-electron chi connectivity index (χ2n) is 8.47. The van der Waals surface area contributed by atoms with Crippen LogP contribution in [-0.2, 0) is 4.79 Å². The standard InChI is InChI=1S/C15H35NO6Si2/c1-23(2,3)10-24(4,5)8-6-7-16-15(22)14(21)13(20)12(19)11(18)9-17/h11-14,17-21H,6-10H2,1-5H3,(H,16,22)/t11-,12-,13+,14-/m1/s1. The van der Waals surface area contributed by atoms with Gasteiger partial charge in [0.25, 0.3) is 5.91 Å². The number of nitrogens with one attached hydrogen (secondary N) is 1. The monoisotopic (exact) mass is 381 g/mol. The topological polar surface area (TPSA) is 130 Å². The van der Waals surface area contributed by atoms with Crippen molar-refractivity contribution in [2.24, 2.45) is 0 Å². The molecular formula is C15H35NO6Si2. The second-order valence-corrected chi connectivity index (χ2v) is 19.8. The molecule has 0 fully saturated rings. The smallest absolute Gasteiger partial charge is 0.251 e. The second kappa shape index (κ2) is 10.00. The predicted molar refractivity (Wildman–Crippen MR) is 99.2 cm³/mol. The van der Waals surface area contributed by atoms with Gasteiger partial charge in [0.05, 0.1) is 6.61 Å². The predicted octanol–water partition coefficient (Wildman–Crippen LogP) is -0.486. The van der Waals surface area contributed by atoms with E-state index in [-0.39, 0.29) is 0 Å². The van der Waals surface area contributed by atoms with Gasteiger partial charge in [-0.15, -0.1) is 0 Å². The van der Waals surface area contributed by atoms with E-state index in [0.717, 1.165) is 12.5 Å². The molecule has 7 nitrogen and oxygen atoms in total. The minimum absolute atomic E-state index is 0.392. The molecule has 0 aromatic carbocycles. The maximum Gasteiger partial charge on any atom is 0.251 e. The Bertz CT molecular complexity index is 389. The maximum atomic E-state index is 11.8. The lowest BCUT2D eigenvalue weighted by Gasteiger charge is -2.29. The molecule has 6 N–H and O–H groups in total. The lowest BCUT2D eigenvalue weighted by Crippen LogP contribution is -2.51. The highest BCUT2D eigenvalue weighted by atomic mass is 28.4. The summed E-state index contributed by atoms with van der Waals surface area (Å²) in [5, 5.41) is 49.3. The van der Waals surface area contributed by atoms with Gasteiger partial charge in [-0.1, -0.05) is 44.4 Å². The third-order valence-corrected chi connectivity index (χ3v) is 13.6. The van der Waals surface area contributed by atoms with Crippen LogP contribution in [0.15, 0.2) is 0 Å². The number of carbonyl (C=O) groups is 1. The molecule has 0 aliphatic rings. The van der Waals surface area contributed by atoms with E-state index in [2.05, 4.69) is 38.1 Å². The van der Waals surface area contributed by atoms with E-state index >= 15 is 0 Å². The van der Waals surface area contributed by atoms with Gasteiger partial charge in [-0.3, -0.25) is 4.79 Å². The van der Waals surface area contributed by atoms with Crippen molar-refractivity contribution in [2.45, 2.75) is 75.3 Å². The minimum Gasteiger partial charge on any atom is -0.394 e. The molecule has 4 atom stereocenters. The first kappa shape index (κ1) is 23.7. The van der Waals surface area contributed by atoms with E-state index in [1.54, 1.807) is 0 Å². The van der Waals surface area contributed by atoms with Gasteiger partial charge < -0.3 is 30.8 Å². The SMILES string of the molecule is C[Si](C)(C)C[Si](C)(C)CCCNC(=O)[C@H](O)[C@@H](O)[C@H](O)[C@H](O)CO. The molecule has 0 aliphatic carbocycles. The number of aliphatic hydroxyl groups is 5. The summed E-state index contributed by atoms with van der Waals surface area (Å²) < 4.78 is 0. The van der Waals surface area contributed by atoms with Gasteiger partial charge in [0.2, 0.25) is 0 Å². The largest absolute Gasteiger partial charge is 0.394 e. The van der Waals surface area contributed by atoms with E-state index in [0.29, 0.717) is 6.54 Å². The number of carbonyl (C=O) groups excluding carboxylic acids is 1. The zero-order chi connectivity index (χ0) is 19.1. The lowest BCUT2D eigenvalue weighted by molar-refractivity contribution is -0.148. The molecule has 0 saturated carbocycles. The fourth-order valence-corrected chi connectivity index (χ4v) is 16.4. The Labute approximate surface area is 146 Å². The molecule has 0 bridgehead atoms. The maximum absolute atomic E-state index is 11.8. The van der Waals surface area contributed by atoms with Crippen molar-refractivity contribution in [3.63, 3.8) is 0 Å². The zero-order valence-electron chi connectivity index (χ0n) is 15.5. The van der Waals surface area contributed by atoms with Crippen LogP contribution in [0, 0.1) is 0 Å². The number of hydrogen-bond donors (Lipinski definition) is 6. The Kier molecular flexibility index (Phi) is 9.88. The number of amides is 1. The van der Waals surface area contributed by atoms with E-state index in [4.69, 9.17) is 5.11 Å². The van der Waals surface area contributed by atoms with Gasteiger partial charge in [0, 0.05) is 22.7 Å². The molecule has 0 unspecified atom stereocenters. The van der Waals surface area contributed by atoms with Crippen LogP contribution in [0.25, 0.3) is 0 Å². The van der Waals surface area contributed by atoms with Crippen molar-refractivity contribution in [2.75, 3.05) is 13.2 Å². The van der Waals surface area contributed by atoms with Crippen molar-refractivity contribution < 1.29 is 30.3 Å². The Morgan fingerprint density at radius 2 is 1.54 bits per heavy atom. The average molecular weight is 382 g/mol. The Morgan fingerprint density at radius 3 is 2.00 bits per heavy atom. The molecule has 0 aliphatic heterocycles. The molecule has 0 saturated heterocycles. The van der Waals surface area contributed by atoms with Crippen molar-refractivity contribution in [1.82, 2.24) is 5.32 Å². The first-order valence-corrected chi connectivity index (χ1v) is 15.5. The van der Waals surface area contributed by atoms with Crippen LogP contribution in [0.4, 0.5) is 0 Å². The van der Waals surface area contributed by atoms with Crippen LogP contribution in [0.5, 0.6) is 0 Å². The Morgan fingerprint density at radius 1 is 1.00 bits per heavy atom. The van der Waals surface area contributed by atoms with Crippen molar-refractivity contribution in [3.05, 3.63) is 0 Å². The highest BCUT2D eigenvalue weighted by molar-refractivity contribution is 6.94. The van der Waals surface area contributed by atoms with Crippen molar-refractivity contribution >= 4 is 22.1 Å². The van der Waals surface area contributed by atoms with E-state index in [1.165, 1.54) is 5.67 Å². The summed E-state index contributed by atoms with van der Waals surface area (Å²) in [5.74, 6) is -0.795. The van der Waals surface area contributed by atoms with Crippen molar-refractivity contribution in [3.8, 4) is 0 Å². The van der Waals surface area contributed by atoms with E-state index < -0.39 is 53.1 Å². The lowest BCUT2D eigenvalue weighted by atomic mass is 10.0. The van der Waals surface area contributed by atoms with Crippen LogP contribution >= 0.6 is 0 Å². The quantitative estimate of drug-likeness (QED) is 0.212. The highest BCUT2D eigenvalue weighted by Gasteiger charge is 2.34. The zero-order valence-corrected chi connectivity index (χ0v) is 17.5. The van der Waals surface area contributed by atoms with E-state index in [1.807, 2.05) is 0 Å². The van der Waals surface area contributed by atoms with Crippen LogP contribution in [-0.4, -0.2) is 85.2 Å². The summed E-state index contributed by atoms with van der Waals surface area (Å²) >= 11 is 0. The normalized spacial score (nSPS) is 17.9. The number of hydrogen-bond acceptors (Lipinski definition) is 6. The molecule has 0 heterocycles. The van der Waals surface area contributed by atoms with Gasteiger partial charge in [-0.25, -0.2) is 0 Å². The molecule has 0 spiro atoms. The molecule has 144 valence electrons. The Hall–Kier alpha value is -0.296. The van der Waals surface area contributed by atoms with Gasteiger partial charge in [-0.2, -0.15) is 0 Å². The molecule has 0 aromatic heterocycles. The van der Waals surface area contributed by atoms with Crippen molar-refractivity contribution in [1.29, 1.82) is 0 Å². The van der Waals surface area contributed by atoms with Crippen LogP contribution in [0.3, 0.4) is 0 Å². The summed E-state index contributed by atoms with van der Waals surface area (Å²) in [5.41, 5.74) is 1.32. The fourth-order valence-electron chi connectivity index (χ4n) is 3.08. The molecule has 0 aromatic rings. The molecule has 9 heteroatoms. The van der Waals surface area contributed by atoms with Crippen LogP contribution < -0.4 is 5.32 Å². The fraction of sp³-hybridized carbons (Fsp3) is 0.933. The average Bonchev–Trinajstić information content (AvgIpc) is 2.45. The number of rotatable bonds is 11. The molecule has 1 amide bonds. The highest BCUT2D eigenvalue weighted by Crippen LogP contribution is 2.24. The minimum atomic E-state index is -1.86. The summed E-state index contributed by atoms with van der Waals surface area (Å²) in [6, 6.07) is 1.07. The molecular weight excluding hydrogens is 346 g/mol. The van der Waals surface area contributed by atoms with Gasteiger partial charge in [-0.05, 0) is 6.42 Å². The van der Waals surface area contributed by atoms with Gasteiger partial charge >= 0.3 is 0 Å². The third-order valence-electron chi connectivity index (χ3n) is 3.86. The van der Waals surface area contributed by atoms with Crippen LogP contribution in [0.1, 0.15) is 6.42 Å². The van der Waals surface area contributed by atoms with Crippen LogP contribution in [0.2, 0.25) is 44.4 Å².